The molecule has 29 heavy (non-hydrogen) atoms. The number of aromatic nitrogens is 2. The van der Waals surface area contributed by atoms with Crippen molar-refractivity contribution in [1.82, 2.24) is 9.97 Å². The molecule has 0 bridgehead atoms. The molecule has 0 aliphatic heterocycles. The Morgan fingerprint density at radius 2 is 2.03 bits per heavy atom. The molecule has 4 rings (SSSR count). The van der Waals surface area contributed by atoms with Gasteiger partial charge in [-0.15, -0.1) is 0 Å². The van der Waals surface area contributed by atoms with Crippen LogP contribution in [0.3, 0.4) is 0 Å². The van der Waals surface area contributed by atoms with E-state index in [0.29, 0.717) is 16.7 Å². The average Bonchev–Trinajstić information content (AvgIpc) is 2.74. The zero-order valence-corrected chi connectivity index (χ0v) is 17.3. The lowest BCUT2D eigenvalue weighted by molar-refractivity contribution is 0.161. The minimum Gasteiger partial charge on any atom is -0.449 e. The number of nitrogens with one attached hydrogen (secondary N) is 1. The molecule has 1 unspecified atom stereocenters. The van der Waals surface area contributed by atoms with Crippen molar-refractivity contribution in [3.05, 3.63) is 75.4 Å². The first kappa shape index (κ1) is 19.7. The lowest BCUT2D eigenvalue weighted by Crippen LogP contribution is -2.18. The number of ether oxygens (including phenoxy) is 1. The van der Waals surface area contributed by atoms with E-state index in [4.69, 9.17) is 27.9 Å². The Morgan fingerprint density at radius 3 is 2.83 bits per heavy atom. The number of hydrogen-bond donors (Lipinski definition) is 1. The molecule has 0 radical (unpaired) electrons. The number of benzene rings is 2. The Kier molecular flexibility index (Phi) is 5.69. The van der Waals surface area contributed by atoms with Gasteiger partial charge in [0.05, 0.1) is 22.3 Å². The molecule has 148 valence electrons. The molecule has 1 heterocycles. The van der Waals surface area contributed by atoms with Gasteiger partial charge in [-0.05, 0) is 41.7 Å². The van der Waals surface area contributed by atoms with Crippen LogP contribution in [0.2, 0.25) is 10.0 Å². The van der Waals surface area contributed by atoms with Gasteiger partial charge in [0.15, 0.2) is 0 Å². The third-order valence-electron chi connectivity index (χ3n) is 4.88. The van der Waals surface area contributed by atoms with Crippen molar-refractivity contribution in [2.24, 2.45) is 0 Å². The third kappa shape index (κ3) is 4.07. The minimum atomic E-state index is -0.551. The Hall–Kier alpha value is -2.63. The highest BCUT2D eigenvalue weighted by Crippen LogP contribution is 2.42. The van der Waals surface area contributed by atoms with Crippen LogP contribution in [0.4, 0.5) is 10.7 Å². The molecule has 7 heteroatoms. The first-order valence-electron chi connectivity index (χ1n) is 9.40. The number of carbonyl (C=O) groups is 1. The molecule has 5 nitrogen and oxygen atoms in total. The van der Waals surface area contributed by atoms with Gasteiger partial charge in [-0.2, -0.15) is 0 Å². The van der Waals surface area contributed by atoms with E-state index in [-0.39, 0.29) is 11.9 Å². The maximum absolute atomic E-state index is 11.8. The second-order valence-electron chi connectivity index (χ2n) is 6.85. The van der Waals surface area contributed by atoms with Gasteiger partial charge in [0.2, 0.25) is 5.95 Å². The lowest BCUT2D eigenvalue weighted by Gasteiger charge is -2.27. The molecule has 2 aromatic carbocycles. The highest BCUT2D eigenvalue weighted by atomic mass is 35.5. The normalized spacial score (nSPS) is 14.7. The second-order valence-corrected chi connectivity index (χ2v) is 7.66. The van der Waals surface area contributed by atoms with Crippen molar-refractivity contribution in [3.63, 3.8) is 0 Å². The first-order chi connectivity index (χ1) is 14.1. The standard InChI is InChI=1S/C22H19Cl2N3O2/c1-2-9-29-22(28)27-21-25-12-14-10-17(13-7-8-18(23)19(24)11-13)15-5-3-4-6-16(15)20(14)26-21/h3-8,11-12,17H,2,9-10H2,1H3,(H,25,26,27,28). The molecular weight excluding hydrogens is 409 g/mol. The predicted molar refractivity (Wildman–Crippen MR) is 115 cm³/mol. The van der Waals surface area contributed by atoms with Crippen molar-refractivity contribution in [2.75, 3.05) is 11.9 Å². The molecule has 1 aromatic heterocycles. The summed E-state index contributed by atoms with van der Waals surface area (Å²) in [5.74, 6) is 0.345. The third-order valence-corrected chi connectivity index (χ3v) is 5.62. The maximum Gasteiger partial charge on any atom is 0.414 e. The van der Waals surface area contributed by atoms with Crippen LogP contribution in [-0.2, 0) is 11.2 Å². The number of hydrogen-bond acceptors (Lipinski definition) is 4. The van der Waals surface area contributed by atoms with E-state index in [1.54, 1.807) is 6.20 Å². The summed E-state index contributed by atoms with van der Waals surface area (Å²) in [6.45, 7) is 2.29. The van der Waals surface area contributed by atoms with E-state index in [2.05, 4.69) is 21.4 Å². The van der Waals surface area contributed by atoms with E-state index in [1.165, 1.54) is 0 Å². The van der Waals surface area contributed by atoms with Gasteiger partial charge in [0, 0.05) is 17.7 Å². The highest BCUT2D eigenvalue weighted by Gasteiger charge is 2.28. The van der Waals surface area contributed by atoms with Gasteiger partial charge in [0.25, 0.3) is 0 Å². The molecule has 1 aliphatic rings. The number of nitrogens with zero attached hydrogens (tertiary/aromatic N) is 2. The fraction of sp³-hybridized carbons (Fsp3) is 0.227. The van der Waals surface area contributed by atoms with Crippen molar-refractivity contribution >= 4 is 35.2 Å². The van der Waals surface area contributed by atoms with Crippen LogP contribution in [0.15, 0.2) is 48.7 Å². The summed E-state index contributed by atoms with van der Waals surface area (Å²) >= 11 is 12.4. The van der Waals surface area contributed by atoms with Crippen molar-refractivity contribution < 1.29 is 9.53 Å². The molecule has 1 amide bonds. The SMILES string of the molecule is CCCOC(=O)Nc1ncc2c(n1)-c1ccccc1C(c1ccc(Cl)c(Cl)c1)C2. The highest BCUT2D eigenvalue weighted by molar-refractivity contribution is 6.42. The van der Waals surface area contributed by atoms with Crippen LogP contribution in [0.5, 0.6) is 0 Å². The first-order valence-corrected chi connectivity index (χ1v) is 10.2. The Balaban J connectivity index is 1.70. The van der Waals surface area contributed by atoms with Gasteiger partial charge in [-0.25, -0.2) is 14.8 Å². The summed E-state index contributed by atoms with van der Waals surface area (Å²) < 4.78 is 5.05. The largest absolute Gasteiger partial charge is 0.449 e. The van der Waals surface area contributed by atoms with Gasteiger partial charge in [-0.3, -0.25) is 5.32 Å². The van der Waals surface area contributed by atoms with Crippen LogP contribution in [0.1, 0.15) is 36.0 Å². The fourth-order valence-electron chi connectivity index (χ4n) is 3.54. The van der Waals surface area contributed by atoms with Gasteiger partial charge < -0.3 is 4.74 Å². The lowest BCUT2D eigenvalue weighted by atomic mass is 9.78. The zero-order chi connectivity index (χ0) is 20.4. The van der Waals surface area contributed by atoms with Crippen molar-refractivity contribution in [1.29, 1.82) is 0 Å². The molecule has 0 saturated heterocycles. The van der Waals surface area contributed by atoms with Crippen LogP contribution in [0, 0.1) is 0 Å². The summed E-state index contributed by atoms with van der Waals surface area (Å²) in [4.78, 5) is 20.7. The van der Waals surface area contributed by atoms with E-state index < -0.39 is 6.09 Å². The molecule has 0 spiro atoms. The number of amides is 1. The average molecular weight is 428 g/mol. The number of fused-ring (bicyclic) bond motifs is 3. The second kappa shape index (κ2) is 8.39. The Morgan fingerprint density at radius 1 is 1.21 bits per heavy atom. The number of rotatable bonds is 4. The minimum absolute atomic E-state index is 0.116. The van der Waals surface area contributed by atoms with E-state index in [9.17, 15) is 4.79 Å². The summed E-state index contributed by atoms with van der Waals surface area (Å²) in [6.07, 6.45) is 2.69. The monoisotopic (exact) mass is 427 g/mol. The van der Waals surface area contributed by atoms with Gasteiger partial charge in [0.1, 0.15) is 0 Å². The van der Waals surface area contributed by atoms with Crippen molar-refractivity contribution in [2.45, 2.75) is 25.7 Å². The quantitative estimate of drug-likeness (QED) is 0.546. The van der Waals surface area contributed by atoms with E-state index in [0.717, 1.165) is 40.8 Å². The summed E-state index contributed by atoms with van der Waals surface area (Å²) in [5, 5.41) is 3.67. The van der Waals surface area contributed by atoms with E-state index in [1.807, 2.05) is 43.3 Å². The van der Waals surface area contributed by atoms with Crippen LogP contribution in [-0.4, -0.2) is 22.7 Å². The van der Waals surface area contributed by atoms with E-state index >= 15 is 0 Å². The Bertz CT molecular complexity index is 1070. The predicted octanol–water partition coefficient (Wildman–Crippen LogP) is 6.10. The molecule has 0 fully saturated rings. The van der Waals surface area contributed by atoms with Crippen molar-refractivity contribution in [3.8, 4) is 11.3 Å². The van der Waals surface area contributed by atoms with Crippen LogP contribution >= 0.6 is 23.2 Å². The zero-order valence-electron chi connectivity index (χ0n) is 15.8. The molecule has 1 N–H and O–H groups in total. The smallest absolute Gasteiger partial charge is 0.414 e. The molecule has 1 atom stereocenters. The molecular formula is C22H19Cl2N3O2. The Labute approximate surface area is 179 Å². The van der Waals surface area contributed by atoms with Crippen LogP contribution in [0.25, 0.3) is 11.3 Å². The summed E-state index contributed by atoms with van der Waals surface area (Å²) in [5.41, 5.74) is 5.07. The molecule has 1 aliphatic carbocycles. The number of halogens is 2. The van der Waals surface area contributed by atoms with Gasteiger partial charge >= 0.3 is 6.09 Å². The van der Waals surface area contributed by atoms with Gasteiger partial charge in [-0.1, -0.05) is 60.5 Å². The topological polar surface area (TPSA) is 64.1 Å². The molecule has 3 aromatic rings. The number of carbonyl (C=O) groups excluding carboxylic acids is 1. The maximum atomic E-state index is 11.8. The van der Waals surface area contributed by atoms with Crippen LogP contribution < -0.4 is 5.32 Å². The summed E-state index contributed by atoms with van der Waals surface area (Å²) in [6, 6.07) is 13.8. The fourth-order valence-corrected chi connectivity index (χ4v) is 3.85. The molecule has 0 saturated carbocycles. The summed E-state index contributed by atoms with van der Waals surface area (Å²) in [7, 11) is 0. The number of anilines is 1.